The van der Waals surface area contributed by atoms with E-state index in [-0.39, 0.29) is 5.41 Å². The number of benzene rings is 1. The molecule has 2 aromatic rings. The molecule has 0 amide bonds. The number of anilines is 1. The molecule has 1 aromatic carbocycles. The molecule has 0 fully saturated rings. The summed E-state index contributed by atoms with van der Waals surface area (Å²) in [4.78, 5) is 4.41. The van der Waals surface area contributed by atoms with Crippen LogP contribution in [0.2, 0.25) is 0 Å². The van der Waals surface area contributed by atoms with Crippen LogP contribution in [0.1, 0.15) is 32.2 Å². The Labute approximate surface area is 107 Å². The zero-order chi connectivity index (χ0) is 13.3. The second-order valence-corrected chi connectivity index (χ2v) is 5.79. The molecule has 0 aliphatic carbocycles. The van der Waals surface area contributed by atoms with E-state index in [4.69, 9.17) is 10.3 Å². The fourth-order valence-corrected chi connectivity index (χ4v) is 1.78. The van der Waals surface area contributed by atoms with E-state index in [1.165, 1.54) is 0 Å². The van der Waals surface area contributed by atoms with Crippen molar-refractivity contribution in [1.29, 1.82) is 0 Å². The van der Waals surface area contributed by atoms with Gasteiger partial charge in [-0.3, -0.25) is 0 Å². The summed E-state index contributed by atoms with van der Waals surface area (Å²) >= 11 is 0. The van der Waals surface area contributed by atoms with Gasteiger partial charge in [-0.05, 0) is 24.0 Å². The Kier molecular flexibility index (Phi) is 3.11. The Balaban J connectivity index is 2.33. The standard InChI is InChI=1S/C14H19N3O/c1-9-6-5-7-10(12(9)15)13-16-11(17-18-13)8-14(2,3)4/h5-7H,8,15H2,1-4H3. The monoisotopic (exact) mass is 245 g/mol. The molecule has 0 saturated heterocycles. The summed E-state index contributed by atoms with van der Waals surface area (Å²) in [5.41, 5.74) is 8.68. The first-order valence-electron chi connectivity index (χ1n) is 6.05. The van der Waals surface area contributed by atoms with Gasteiger partial charge in [0.25, 0.3) is 5.89 Å². The summed E-state index contributed by atoms with van der Waals surface area (Å²) in [6.07, 6.45) is 0.780. The van der Waals surface area contributed by atoms with Gasteiger partial charge in [-0.25, -0.2) is 0 Å². The van der Waals surface area contributed by atoms with Crippen molar-refractivity contribution in [1.82, 2.24) is 10.1 Å². The average Bonchev–Trinajstić information content (AvgIpc) is 2.68. The van der Waals surface area contributed by atoms with Crippen LogP contribution in [0, 0.1) is 12.3 Å². The number of nitrogens with zero attached hydrogens (tertiary/aromatic N) is 2. The summed E-state index contributed by atoms with van der Waals surface area (Å²) in [6.45, 7) is 8.39. The fraction of sp³-hybridized carbons (Fsp3) is 0.429. The van der Waals surface area contributed by atoms with Crippen molar-refractivity contribution in [2.24, 2.45) is 5.41 Å². The number of para-hydroxylation sites is 1. The molecule has 0 aliphatic rings. The summed E-state index contributed by atoms with van der Waals surface area (Å²) in [7, 11) is 0. The van der Waals surface area contributed by atoms with E-state index in [0.29, 0.717) is 11.6 Å². The maximum Gasteiger partial charge on any atom is 0.260 e. The topological polar surface area (TPSA) is 64.9 Å². The molecule has 18 heavy (non-hydrogen) atoms. The van der Waals surface area contributed by atoms with Gasteiger partial charge < -0.3 is 10.3 Å². The first-order valence-corrected chi connectivity index (χ1v) is 6.05. The second kappa shape index (κ2) is 4.44. The van der Waals surface area contributed by atoms with Gasteiger partial charge in [0.2, 0.25) is 0 Å². The molecule has 2 rings (SSSR count). The van der Waals surface area contributed by atoms with Crippen molar-refractivity contribution >= 4 is 5.69 Å². The van der Waals surface area contributed by atoms with E-state index in [9.17, 15) is 0 Å². The minimum atomic E-state index is 0.138. The Bertz CT molecular complexity index is 552. The number of aromatic nitrogens is 2. The number of aryl methyl sites for hydroxylation is 1. The Morgan fingerprint density at radius 2 is 2.00 bits per heavy atom. The highest BCUT2D eigenvalue weighted by Gasteiger charge is 2.18. The number of hydrogen-bond acceptors (Lipinski definition) is 4. The highest BCUT2D eigenvalue weighted by molar-refractivity contribution is 5.72. The van der Waals surface area contributed by atoms with Gasteiger partial charge in [-0.2, -0.15) is 4.98 Å². The molecular weight excluding hydrogens is 226 g/mol. The van der Waals surface area contributed by atoms with Crippen LogP contribution in [0.15, 0.2) is 22.7 Å². The normalized spacial score (nSPS) is 11.8. The molecule has 96 valence electrons. The molecule has 1 heterocycles. The lowest BCUT2D eigenvalue weighted by atomic mass is 9.92. The van der Waals surface area contributed by atoms with E-state index in [1.54, 1.807) is 0 Å². The van der Waals surface area contributed by atoms with E-state index in [0.717, 1.165) is 23.4 Å². The van der Waals surface area contributed by atoms with Gasteiger partial charge in [-0.15, -0.1) is 0 Å². The van der Waals surface area contributed by atoms with Gasteiger partial charge in [-0.1, -0.05) is 38.1 Å². The van der Waals surface area contributed by atoms with Crippen molar-refractivity contribution in [2.45, 2.75) is 34.1 Å². The first kappa shape index (κ1) is 12.6. The molecule has 0 saturated carbocycles. The van der Waals surface area contributed by atoms with Gasteiger partial charge in [0.05, 0.1) is 5.56 Å². The molecule has 4 heteroatoms. The third-order valence-corrected chi connectivity index (χ3v) is 2.71. The lowest BCUT2D eigenvalue weighted by molar-refractivity contribution is 0.374. The highest BCUT2D eigenvalue weighted by Crippen LogP contribution is 2.28. The molecule has 0 bridgehead atoms. The number of rotatable bonds is 2. The Hall–Kier alpha value is -1.84. The maximum absolute atomic E-state index is 6.02. The third kappa shape index (κ3) is 2.70. The fourth-order valence-electron chi connectivity index (χ4n) is 1.78. The Morgan fingerprint density at radius 1 is 1.28 bits per heavy atom. The van der Waals surface area contributed by atoms with Gasteiger partial charge in [0, 0.05) is 12.1 Å². The summed E-state index contributed by atoms with van der Waals surface area (Å²) in [5.74, 6) is 1.22. The first-order chi connectivity index (χ1) is 8.37. The molecule has 0 unspecified atom stereocenters. The number of hydrogen-bond donors (Lipinski definition) is 1. The van der Waals surface area contributed by atoms with E-state index in [1.807, 2.05) is 25.1 Å². The summed E-state index contributed by atoms with van der Waals surface area (Å²) in [6, 6.07) is 5.80. The number of nitrogen functional groups attached to an aromatic ring is 1. The average molecular weight is 245 g/mol. The predicted molar refractivity (Wildman–Crippen MR) is 72.0 cm³/mol. The zero-order valence-corrected chi connectivity index (χ0v) is 11.3. The molecule has 0 atom stereocenters. The van der Waals surface area contributed by atoms with Crippen LogP contribution in [0.3, 0.4) is 0 Å². The van der Waals surface area contributed by atoms with Crippen molar-refractivity contribution in [3.63, 3.8) is 0 Å². The second-order valence-electron chi connectivity index (χ2n) is 5.79. The van der Waals surface area contributed by atoms with Crippen molar-refractivity contribution in [2.75, 3.05) is 5.73 Å². The van der Waals surface area contributed by atoms with Crippen LogP contribution in [-0.2, 0) is 6.42 Å². The maximum atomic E-state index is 6.02. The molecule has 0 spiro atoms. The molecule has 2 N–H and O–H groups in total. The predicted octanol–water partition coefficient (Wildman–Crippen LogP) is 3.22. The lowest BCUT2D eigenvalue weighted by Gasteiger charge is -2.14. The Morgan fingerprint density at radius 3 is 2.67 bits per heavy atom. The van der Waals surface area contributed by atoms with Gasteiger partial charge in [0.1, 0.15) is 0 Å². The van der Waals surface area contributed by atoms with Crippen LogP contribution in [0.5, 0.6) is 0 Å². The van der Waals surface area contributed by atoms with Crippen LogP contribution in [0.4, 0.5) is 5.69 Å². The van der Waals surface area contributed by atoms with Crippen molar-refractivity contribution in [3.05, 3.63) is 29.6 Å². The van der Waals surface area contributed by atoms with Crippen LogP contribution < -0.4 is 5.73 Å². The van der Waals surface area contributed by atoms with Crippen LogP contribution >= 0.6 is 0 Å². The minimum absolute atomic E-state index is 0.138. The third-order valence-electron chi connectivity index (χ3n) is 2.71. The molecule has 1 aromatic heterocycles. The number of nitrogens with two attached hydrogens (primary N) is 1. The largest absolute Gasteiger partial charge is 0.398 e. The lowest BCUT2D eigenvalue weighted by Crippen LogP contribution is -2.10. The van der Waals surface area contributed by atoms with Crippen molar-refractivity contribution in [3.8, 4) is 11.5 Å². The van der Waals surface area contributed by atoms with E-state index >= 15 is 0 Å². The van der Waals surface area contributed by atoms with E-state index in [2.05, 4.69) is 30.9 Å². The van der Waals surface area contributed by atoms with Gasteiger partial charge >= 0.3 is 0 Å². The molecule has 4 nitrogen and oxygen atoms in total. The summed E-state index contributed by atoms with van der Waals surface area (Å²) in [5, 5.41) is 4.01. The summed E-state index contributed by atoms with van der Waals surface area (Å²) < 4.78 is 5.29. The molecule has 0 radical (unpaired) electrons. The van der Waals surface area contributed by atoms with Crippen molar-refractivity contribution < 1.29 is 4.52 Å². The van der Waals surface area contributed by atoms with Gasteiger partial charge in [0.15, 0.2) is 5.82 Å². The molecule has 0 aliphatic heterocycles. The van der Waals surface area contributed by atoms with Crippen LogP contribution in [0.25, 0.3) is 11.5 Å². The zero-order valence-electron chi connectivity index (χ0n) is 11.3. The van der Waals surface area contributed by atoms with Crippen LogP contribution in [-0.4, -0.2) is 10.1 Å². The quantitative estimate of drug-likeness (QED) is 0.825. The smallest absolute Gasteiger partial charge is 0.260 e. The SMILES string of the molecule is Cc1cccc(-c2nc(CC(C)(C)C)no2)c1N. The molecular formula is C14H19N3O. The highest BCUT2D eigenvalue weighted by atomic mass is 16.5. The van der Waals surface area contributed by atoms with E-state index < -0.39 is 0 Å². The minimum Gasteiger partial charge on any atom is -0.398 e.